The fourth-order valence-corrected chi connectivity index (χ4v) is 3.14. The van der Waals surface area contributed by atoms with Gasteiger partial charge in [-0.3, -0.25) is 4.99 Å². The molecule has 0 aliphatic heterocycles. The Balaban J connectivity index is 0.00000512. The molecule has 2 N–H and O–H groups in total. The van der Waals surface area contributed by atoms with Gasteiger partial charge in [0.25, 0.3) is 0 Å². The predicted molar refractivity (Wildman–Crippen MR) is 133 cm³/mol. The molecule has 178 valence electrons. The van der Waals surface area contributed by atoms with Crippen molar-refractivity contribution in [2.24, 2.45) is 4.99 Å². The van der Waals surface area contributed by atoms with E-state index in [4.69, 9.17) is 9.47 Å². The molecule has 2 aromatic rings. The summed E-state index contributed by atoms with van der Waals surface area (Å²) in [6.07, 6.45) is 0. The largest absolute Gasteiger partial charge is 0.497 e. The zero-order valence-corrected chi connectivity index (χ0v) is 21.2. The van der Waals surface area contributed by atoms with Crippen LogP contribution in [0.5, 0.6) is 17.2 Å². The Morgan fingerprint density at radius 2 is 1.75 bits per heavy atom. The second-order valence-electron chi connectivity index (χ2n) is 6.88. The van der Waals surface area contributed by atoms with E-state index in [9.17, 15) is 8.78 Å². The lowest BCUT2D eigenvalue weighted by atomic mass is 10.0. The Hall–Kier alpha value is -2.34. The molecular formula is C22H31F2IN4O3. The highest BCUT2D eigenvalue weighted by molar-refractivity contribution is 14.0. The SMILES string of the molecule is CN=C(NCc1cc(OC)ccc1OC(F)F)NCC(c1ccccc1OC)N(C)C.I. The first-order valence-corrected chi connectivity index (χ1v) is 9.75. The topological polar surface area (TPSA) is 67.4 Å². The van der Waals surface area contributed by atoms with Crippen molar-refractivity contribution in [1.29, 1.82) is 0 Å². The Morgan fingerprint density at radius 1 is 1.03 bits per heavy atom. The van der Waals surface area contributed by atoms with Crippen molar-refractivity contribution in [3.63, 3.8) is 0 Å². The van der Waals surface area contributed by atoms with E-state index in [1.807, 2.05) is 38.4 Å². The summed E-state index contributed by atoms with van der Waals surface area (Å²) in [6.45, 7) is -2.14. The summed E-state index contributed by atoms with van der Waals surface area (Å²) in [5, 5.41) is 6.41. The second kappa shape index (κ2) is 13.9. The number of nitrogens with zero attached hydrogens (tertiary/aromatic N) is 2. The third-order valence-electron chi connectivity index (χ3n) is 4.74. The molecule has 32 heavy (non-hydrogen) atoms. The number of hydrogen-bond acceptors (Lipinski definition) is 5. The van der Waals surface area contributed by atoms with Crippen molar-refractivity contribution in [3.8, 4) is 17.2 Å². The highest BCUT2D eigenvalue weighted by atomic mass is 127. The molecule has 10 heteroatoms. The molecule has 0 aliphatic carbocycles. The molecule has 0 radical (unpaired) electrons. The molecule has 0 aromatic heterocycles. The molecule has 0 spiro atoms. The van der Waals surface area contributed by atoms with Crippen LogP contribution in [0.25, 0.3) is 0 Å². The lowest BCUT2D eigenvalue weighted by Crippen LogP contribution is -2.41. The van der Waals surface area contributed by atoms with Crippen LogP contribution in [0, 0.1) is 0 Å². The van der Waals surface area contributed by atoms with Crippen LogP contribution in [0.1, 0.15) is 17.2 Å². The number of alkyl halides is 2. The minimum atomic E-state index is -2.91. The lowest BCUT2D eigenvalue weighted by Gasteiger charge is -2.27. The third kappa shape index (κ3) is 7.97. The number of para-hydroxylation sites is 1. The molecular weight excluding hydrogens is 533 g/mol. The summed E-state index contributed by atoms with van der Waals surface area (Å²) >= 11 is 0. The molecule has 2 rings (SSSR count). The quantitative estimate of drug-likeness (QED) is 0.260. The van der Waals surface area contributed by atoms with Crippen LogP contribution >= 0.6 is 24.0 Å². The monoisotopic (exact) mass is 564 g/mol. The van der Waals surface area contributed by atoms with E-state index < -0.39 is 6.61 Å². The van der Waals surface area contributed by atoms with E-state index in [0.717, 1.165) is 11.3 Å². The molecule has 7 nitrogen and oxygen atoms in total. The van der Waals surface area contributed by atoms with E-state index in [1.54, 1.807) is 26.3 Å². The van der Waals surface area contributed by atoms with Gasteiger partial charge in [-0.2, -0.15) is 8.78 Å². The van der Waals surface area contributed by atoms with Crippen molar-refractivity contribution in [1.82, 2.24) is 15.5 Å². The maximum Gasteiger partial charge on any atom is 0.387 e. The van der Waals surface area contributed by atoms with Gasteiger partial charge in [-0.1, -0.05) is 18.2 Å². The molecule has 0 aliphatic rings. The number of methoxy groups -OCH3 is 2. The van der Waals surface area contributed by atoms with E-state index in [1.165, 1.54) is 13.2 Å². The van der Waals surface area contributed by atoms with Crippen LogP contribution in [0.2, 0.25) is 0 Å². The molecule has 1 atom stereocenters. The number of rotatable bonds is 10. The van der Waals surface area contributed by atoms with Crippen LogP contribution < -0.4 is 24.8 Å². The van der Waals surface area contributed by atoms with Crippen molar-refractivity contribution >= 4 is 29.9 Å². The van der Waals surface area contributed by atoms with Gasteiger partial charge in [0.1, 0.15) is 17.2 Å². The number of guanidine groups is 1. The number of nitrogens with one attached hydrogen (secondary N) is 2. The number of halogens is 3. The molecule has 2 aromatic carbocycles. The van der Waals surface area contributed by atoms with Crippen LogP contribution in [-0.2, 0) is 6.54 Å². The van der Waals surface area contributed by atoms with Gasteiger partial charge >= 0.3 is 6.61 Å². The molecule has 0 saturated carbocycles. The zero-order chi connectivity index (χ0) is 22.8. The van der Waals surface area contributed by atoms with Gasteiger partial charge in [0, 0.05) is 31.3 Å². The molecule has 0 amide bonds. The lowest BCUT2D eigenvalue weighted by molar-refractivity contribution is -0.0505. The van der Waals surface area contributed by atoms with Crippen LogP contribution in [0.3, 0.4) is 0 Å². The third-order valence-corrected chi connectivity index (χ3v) is 4.74. The molecule has 0 fully saturated rings. The first kappa shape index (κ1) is 27.7. The van der Waals surface area contributed by atoms with Crippen molar-refractivity contribution < 1.29 is 23.0 Å². The summed E-state index contributed by atoms with van der Waals surface area (Å²) in [6, 6.07) is 12.5. The van der Waals surface area contributed by atoms with Crippen molar-refractivity contribution in [2.45, 2.75) is 19.2 Å². The standard InChI is InChI=1S/C22H30F2N4O3.HI/c1-25-22(26-13-15-12-16(29-4)10-11-19(15)31-21(23)24)27-14-18(28(2)3)17-8-6-7-9-20(17)30-5;/h6-12,18,21H,13-14H2,1-5H3,(H2,25,26,27);1H. The average Bonchev–Trinajstić information content (AvgIpc) is 2.76. The van der Waals surface area contributed by atoms with E-state index >= 15 is 0 Å². The smallest absolute Gasteiger partial charge is 0.387 e. The fourth-order valence-electron chi connectivity index (χ4n) is 3.14. The van der Waals surface area contributed by atoms with Gasteiger partial charge < -0.3 is 29.7 Å². The van der Waals surface area contributed by atoms with Gasteiger partial charge in [-0.05, 0) is 38.4 Å². The van der Waals surface area contributed by atoms with Crippen LogP contribution in [-0.4, -0.2) is 59.4 Å². The fraction of sp³-hybridized carbons (Fsp3) is 0.409. The Morgan fingerprint density at radius 3 is 2.34 bits per heavy atom. The maximum atomic E-state index is 12.7. The van der Waals surface area contributed by atoms with Crippen molar-refractivity contribution in [3.05, 3.63) is 53.6 Å². The Labute approximate surface area is 205 Å². The van der Waals surface area contributed by atoms with Gasteiger partial charge in [0.05, 0.1) is 20.3 Å². The summed E-state index contributed by atoms with van der Waals surface area (Å²) < 4.78 is 40.8. The Bertz CT molecular complexity index is 869. The number of benzene rings is 2. The second-order valence-corrected chi connectivity index (χ2v) is 6.88. The minimum Gasteiger partial charge on any atom is -0.497 e. The van der Waals surface area contributed by atoms with Crippen LogP contribution in [0.4, 0.5) is 8.78 Å². The average molecular weight is 564 g/mol. The zero-order valence-electron chi connectivity index (χ0n) is 18.9. The summed E-state index contributed by atoms with van der Waals surface area (Å²) in [5.41, 5.74) is 1.56. The highest BCUT2D eigenvalue weighted by Crippen LogP contribution is 2.28. The highest BCUT2D eigenvalue weighted by Gasteiger charge is 2.19. The molecule has 0 saturated heterocycles. The van der Waals surface area contributed by atoms with Gasteiger partial charge in [0.2, 0.25) is 0 Å². The van der Waals surface area contributed by atoms with Gasteiger partial charge in [-0.25, -0.2) is 0 Å². The van der Waals surface area contributed by atoms with E-state index in [2.05, 4.69) is 25.3 Å². The molecule has 1 unspecified atom stereocenters. The van der Waals surface area contributed by atoms with Crippen LogP contribution in [0.15, 0.2) is 47.5 Å². The number of hydrogen-bond donors (Lipinski definition) is 2. The number of aliphatic imine (C=N–C) groups is 1. The molecule has 0 heterocycles. The normalized spacial score (nSPS) is 12.2. The minimum absolute atomic E-state index is 0. The van der Waals surface area contributed by atoms with E-state index in [-0.39, 0.29) is 42.3 Å². The predicted octanol–water partition coefficient (Wildman–Crippen LogP) is 3.89. The maximum absolute atomic E-state index is 12.7. The summed E-state index contributed by atoms with van der Waals surface area (Å²) in [4.78, 5) is 6.31. The van der Waals surface area contributed by atoms with Crippen molar-refractivity contribution in [2.75, 3.05) is 41.9 Å². The molecule has 0 bridgehead atoms. The first-order chi connectivity index (χ1) is 14.9. The van der Waals surface area contributed by atoms with Gasteiger partial charge in [-0.15, -0.1) is 24.0 Å². The number of ether oxygens (including phenoxy) is 3. The first-order valence-electron chi connectivity index (χ1n) is 9.75. The van der Waals surface area contributed by atoms with Gasteiger partial charge in [0.15, 0.2) is 5.96 Å². The number of likely N-dealkylation sites (N-methyl/N-ethyl adjacent to an activating group) is 1. The summed E-state index contributed by atoms with van der Waals surface area (Å²) in [5.74, 6) is 1.95. The summed E-state index contributed by atoms with van der Waals surface area (Å²) in [7, 11) is 8.77. The Kier molecular flexibility index (Phi) is 12.1. The van der Waals surface area contributed by atoms with E-state index in [0.29, 0.717) is 23.8 Å².